The molecule has 0 aliphatic heterocycles. The molecule has 0 aliphatic carbocycles. The zero-order valence-corrected chi connectivity index (χ0v) is 12.1. The van der Waals surface area contributed by atoms with E-state index in [9.17, 15) is 10.1 Å². The Morgan fingerprint density at radius 3 is 2.47 bits per heavy atom. The lowest BCUT2D eigenvalue weighted by atomic mass is 10.3. The van der Waals surface area contributed by atoms with Crippen LogP contribution in [0.1, 0.15) is 19.8 Å². The van der Waals surface area contributed by atoms with E-state index in [2.05, 4.69) is 21.9 Å². The number of thioether (sulfide) groups is 1. The quantitative estimate of drug-likeness (QED) is 0.412. The van der Waals surface area contributed by atoms with Crippen LogP contribution in [0.25, 0.3) is 0 Å². The zero-order chi connectivity index (χ0) is 14.1. The second-order valence-corrected chi connectivity index (χ2v) is 5.04. The van der Waals surface area contributed by atoms with Crippen molar-refractivity contribution in [2.45, 2.75) is 19.8 Å². The minimum atomic E-state index is -0.397. The summed E-state index contributed by atoms with van der Waals surface area (Å²) >= 11 is 1.78. The third-order valence-electron chi connectivity index (χ3n) is 2.41. The Hall–Kier alpha value is -1.50. The molecule has 7 heteroatoms. The first kappa shape index (κ1) is 15.6. The summed E-state index contributed by atoms with van der Waals surface area (Å²) in [7, 11) is 0. The Labute approximate surface area is 117 Å². The first-order valence-corrected chi connectivity index (χ1v) is 7.70. The van der Waals surface area contributed by atoms with E-state index in [-0.39, 0.29) is 5.69 Å². The SMILES string of the molecule is CCCNc1cc([N+](=O)[O-])cc(NCCCSC)n1. The van der Waals surface area contributed by atoms with Gasteiger partial charge in [0.2, 0.25) is 0 Å². The monoisotopic (exact) mass is 284 g/mol. The van der Waals surface area contributed by atoms with E-state index in [1.165, 1.54) is 12.1 Å². The highest BCUT2D eigenvalue weighted by atomic mass is 32.2. The summed E-state index contributed by atoms with van der Waals surface area (Å²) in [6.07, 6.45) is 4.00. The van der Waals surface area contributed by atoms with Crippen molar-refractivity contribution in [3.05, 3.63) is 22.2 Å². The molecule has 0 aromatic carbocycles. The second-order valence-electron chi connectivity index (χ2n) is 4.05. The fourth-order valence-corrected chi connectivity index (χ4v) is 1.92. The van der Waals surface area contributed by atoms with E-state index in [1.807, 2.05) is 6.92 Å². The number of nitro groups is 1. The van der Waals surface area contributed by atoms with Gasteiger partial charge in [0.1, 0.15) is 11.6 Å². The van der Waals surface area contributed by atoms with Gasteiger partial charge in [-0.25, -0.2) is 4.98 Å². The van der Waals surface area contributed by atoms with Crippen LogP contribution in [0.15, 0.2) is 12.1 Å². The molecule has 0 radical (unpaired) electrons. The molecule has 1 aromatic rings. The molecule has 2 N–H and O–H groups in total. The van der Waals surface area contributed by atoms with Crippen LogP contribution in [0, 0.1) is 10.1 Å². The average Bonchev–Trinajstić information content (AvgIpc) is 2.41. The predicted octanol–water partition coefficient (Wildman–Crippen LogP) is 2.98. The highest BCUT2D eigenvalue weighted by Gasteiger charge is 2.10. The number of pyridine rings is 1. The van der Waals surface area contributed by atoms with Crippen LogP contribution in [-0.2, 0) is 0 Å². The third-order valence-corrected chi connectivity index (χ3v) is 3.11. The summed E-state index contributed by atoms with van der Waals surface area (Å²) in [6.45, 7) is 3.55. The maximum Gasteiger partial charge on any atom is 0.276 e. The molecule has 0 unspecified atom stereocenters. The molecule has 0 atom stereocenters. The first-order valence-electron chi connectivity index (χ1n) is 6.30. The summed E-state index contributed by atoms with van der Waals surface area (Å²) in [5.41, 5.74) is 0.0565. The molecule has 0 saturated carbocycles. The van der Waals surface area contributed by atoms with E-state index < -0.39 is 4.92 Å². The molecule has 0 aliphatic rings. The van der Waals surface area contributed by atoms with Gasteiger partial charge in [0.15, 0.2) is 0 Å². The van der Waals surface area contributed by atoms with Gasteiger partial charge in [0.05, 0.1) is 17.1 Å². The van der Waals surface area contributed by atoms with Crippen molar-refractivity contribution in [1.82, 2.24) is 4.98 Å². The predicted molar refractivity (Wildman–Crippen MR) is 81.2 cm³/mol. The van der Waals surface area contributed by atoms with Crippen molar-refractivity contribution >= 4 is 29.1 Å². The summed E-state index contributed by atoms with van der Waals surface area (Å²) in [5, 5.41) is 17.1. The summed E-state index contributed by atoms with van der Waals surface area (Å²) in [6, 6.07) is 2.93. The van der Waals surface area contributed by atoms with Gasteiger partial charge in [0.25, 0.3) is 5.69 Å². The zero-order valence-electron chi connectivity index (χ0n) is 11.3. The molecule has 1 rings (SSSR count). The number of anilines is 2. The van der Waals surface area contributed by atoms with Gasteiger partial charge >= 0.3 is 0 Å². The summed E-state index contributed by atoms with van der Waals surface area (Å²) in [5.74, 6) is 2.15. The largest absolute Gasteiger partial charge is 0.370 e. The number of hydrogen-bond donors (Lipinski definition) is 2. The smallest absolute Gasteiger partial charge is 0.276 e. The number of rotatable bonds is 9. The lowest BCUT2D eigenvalue weighted by Crippen LogP contribution is -2.08. The van der Waals surface area contributed by atoms with Gasteiger partial charge in [-0.3, -0.25) is 10.1 Å². The number of hydrogen-bond acceptors (Lipinski definition) is 6. The molecule has 0 saturated heterocycles. The Morgan fingerprint density at radius 1 is 1.32 bits per heavy atom. The molecule has 1 heterocycles. The molecule has 0 fully saturated rings. The Bertz CT molecular complexity index is 415. The number of aromatic nitrogens is 1. The van der Waals surface area contributed by atoms with E-state index in [0.29, 0.717) is 11.6 Å². The fraction of sp³-hybridized carbons (Fsp3) is 0.583. The standard InChI is InChI=1S/C12H20N4O2S/c1-3-5-13-11-8-10(16(17)18)9-12(15-11)14-6-4-7-19-2/h8-9H,3-7H2,1-2H3,(H2,13,14,15). The molecular weight excluding hydrogens is 264 g/mol. The minimum Gasteiger partial charge on any atom is -0.370 e. The summed E-state index contributed by atoms with van der Waals surface area (Å²) in [4.78, 5) is 14.8. The van der Waals surface area contributed by atoms with Crippen LogP contribution in [-0.4, -0.2) is 35.0 Å². The van der Waals surface area contributed by atoms with Crippen LogP contribution < -0.4 is 10.6 Å². The van der Waals surface area contributed by atoms with Gasteiger partial charge < -0.3 is 10.6 Å². The lowest BCUT2D eigenvalue weighted by molar-refractivity contribution is -0.384. The van der Waals surface area contributed by atoms with E-state index in [4.69, 9.17) is 0 Å². The molecule has 1 aromatic heterocycles. The third kappa shape index (κ3) is 5.78. The number of nitrogens with one attached hydrogen (secondary N) is 2. The van der Waals surface area contributed by atoms with Gasteiger partial charge in [-0.2, -0.15) is 11.8 Å². The normalized spacial score (nSPS) is 10.2. The maximum absolute atomic E-state index is 10.9. The van der Waals surface area contributed by atoms with Crippen molar-refractivity contribution in [1.29, 1.82) is 0 Å². The van der Waals surface area contributed by atoms with Crippen molar-refractivity contribution in [2.75, 3.05) is 35.7 Å². The molecular formula is C12H20N4O2S. The van der Waals surface area contributed by atoms with Gasteiger partial charge in [-0.05, 0) is 24.9 Å². The molecule has 106 valence electrons. The Balaban J connectivity index is 2.72. The first-order chi connectivity index (χ1) is 9.17. The van der Waals surface area contributed by atoms with E-state index in [0.717, 1.165) is 31.7 Å². The second kappa shape index (κ2) is 8.58. The summed E-state index contributed by atoms with van der Waals surface area (Å²) < 4.78 is 0. The van der Waals surface area contributed by atoms with Crippen LogP contribution in [0.2, 0.25) is 0 Å². The highest BCUT2D eigenvalue weighted by molar-refractivity contribution is 7.98. The van der Waals surface area contributed by atoms with Crippen LogP contribution in [0.5, 0.6) is 0 Å². The Morgan fingerprint density at radius 2 is 1.95 bits per heavy atom. The lowest BCUT2D eigenvalue weighted by Gasteiger charge is -2.08. The van der Waals surface area contributed by atoms with Gasteiger partial charge in [-0.15, -0.1) is 0 Å². The van der Waals surface area contributed by atoms with Crippen molar-refractivity contribution in [3.8, 4) is 0 Å². The molecule has 0 spiro atoms. The van der Waals surface area contributed by atoms with Gasteiger partial charge in [0, 0.05) is 13.1 Å². The van der Waals surface area contributed by atoms with Crippen molar-refractivity contribution in [2.24, 2.45) is 0 Å². The van der Waals surface area contributed by atoms with Crippen molar-refractivity contribution in [3.63, 3.8) is 0 Å². The minimum absolute atomic E-state index is 0.0565. The van der Waals surface area contributed by atoms with Crippen LogP contribution in [0.4, 0.5) is 17.3 Å². The molecule has 6 nitrogen and oxygen atoms in total. The molecule has 0 bridgehead atoms. The maximum atomic E-state index is 10.9. The topological polar surface area (TPSA) is 80.1 Å². The van der Waals surface area contributed by atoms with E-state index in [1.54, 1.807) is 11.8 Å². The highest BCUT2D eigenvalue weighted by Crippen LogP contribution is 2.20. The molecule has 19 heavy (non-hydrogen) atoms. The average molecular weight is 284 g/mol. The Kier molecular flexibility index (Phi) is 7.02. The van der Waals surface area contributed by atoms with Crippen LogP contribution >= 0.6 is 11.8 Å². The van der Waals surface area contributed by atoms with Gasteiger partial charge in [-0.1, -0.05) is 6.92 Å². The van der Waals surface area contributed by atoms with Crippen LogP contribution in [0.3, 0.4) is 0 Å². The molecule has 0 amide bonds. The van der Waals surface area contributed by atoms with E-state index >= 15 is 0 Å². The fourth-order valence-electron chi connectivity index (χ4n) is 1.49. The van der Waals surface area contributed by atoms with Crippen molar-refractivity contribution < 1.29 is 4.92 Å². The number of nitrogens with zero attached hydrogens (tertiary/aromatic N) is 2.